The largest absolute Gasteiger partial charge is 0.441 e. The molecule has 0 bridgehead atoms. The van der Waals surface area contributed by atoms with Crippen LogP contribution in [0.2, 0.25) is 0 Å². The first-order valence-electron chi connectivity index (χ1n) is 7.02. The number of aldehydes is 1. The lowest BCUT2D eigenvalue weighted by molar-refractivity contribution is 0.112. The molecule has 2 aromatic carbocycles. The third-order valence-corrected chi connectivity index (χ3v) is 3.36. The molecule has 0 spiro atoms. The molecule has 22 heavy (non-hydrogen) atoms. The molecule has 3 heteroatoms. The molecule has 0 atom stereocenters. The van der Waals surface area contributed by atoms with Gasteiger partial charge in [-0.3, -0.25) is 4.79 Å². The number of carbonyl (C=O) groups excluding carboxylic acids is 1. The molecule has 3 rings (SSSR count). The second kappa shape index (κ2) is 6.22. The summed E-state index contributed by atoms with van der Waals surface area (Å²) in [5, 5.41) is 0. The second-order valence-electron chi connectivity index (χ2n) is 4.94. The van der Waals surface area contributed by atoms with E-state index in [1.54, 1.807) is 12.1 Å². The normalized spacial score (nSPS) is 11.0. The summed E-state index contributed by atoms with van der Waals surface area (Å²) in [7, 11) is 0. The van der Waals surface area contributed by atoms with E-state index in [2.05, 4.69) is 4.98 Å². The zero-order valence-corrected chi connectivity index (χ0v) is 12.2. The molecule has 0 saturated heterocycles. The van der Waals surface area contributed by atoms with E-state index in [0.29, 0.717) is 11.5 Å². The summed E-state index contributed by atoms with van der Waals surface area (Å²) in [6.45, 7) is 1.90. The molecular formula is C19H15NO2. The Morgan fingerprint density at radius 3 is 2.27 bits per heavy atom. The molecule has 3 aromatic rings. The summed E-state index contributed by atoms with van der Waals surface area (Å²) < 4.78 is 5.72. The minimum atomic E-state index is 0.619. The van der Waals surface area contributed by atoms with Crippen molar-refractivity contribution in [2.24, 2.45) is 0 Å². The number of oxazole rings is 1. The lowest BCUT2D eigenvalue weighted by Gasteiger charge is -1.93. The van der Waals surface area contributed by atoms with Gasteiger partial charge < -0.3 is 4.42 Å². The lowest BCUT2D eigenvalue weighted by Crippen LogP contribution is -1.80. The van der Waals surface area contributed by atoms with E-state index in [9.17, 15) is 4.79 Å². The molecule has 1 heterocycles. The molecule has 0 fully saturated rings. The topological polar surface area (TPSA) is 43.1 Å². The number of carbonyl (C=O) groups is 1. The van der Waals surface area contributed by atoms with Crippen LogP contribution in [0.15, 0.2) is 59.0 Å². The predicted octanol–water partition coefficient (Wildman–Crippen LogP) is 4.63. The smallest absolute Gasteiger partial charge is 0.226 e. The Hall–Kier alpha value is -2.94. The highest BCUT2D eigenvalue weighted by Gasteiger charge is 2.08. The molecule has 0 N–H and O–H groups in total. The highest BCUT2D eigenvalue weighted by molar-refractivity contribution is 5.76. The summed E-state index contributed by atoms with van der Waals surface area (Å²) in [5.74, 6) is 1.40. The van der Waals surface area contributed by atoms with Gasteiger partial charge in [0, 0.05) is 11.1 Å². The van der Waals surface area contributed by atoms with Gasteiger partial charge in [-0.05, 0) is 30.7 Å². The van der Waals surface area contributed by atoms with Gasteiger partial charge in [0.15, 0.2) is 0 Å². The average molecular weight is 289 g/mol. The Bertz CT molecular complexity index is 799. The Balaban J connectivity index is 1.84. The Labute approximate surface area is 128 Å². The van der Waals surface area contributed by atoms with Gasteiger partial charge in [0.05, 0.1) is 0 Å². The highest BCUT2D eigenvalue weighted by Crippen LogP contribution is 2.22. The van der Waals surface area contributed by atoms with Crippen molar-refractivity contribution < 1.29 is 9.21 Å². The Kier molecular flexibility index (Phi) is 3.97. The van der Waals surface area contributed by atoms with Gasteiger partial charge in [0.25, 0.3) is 0 Å². The maximum atomic E-state index is 10.6. The summed E-state index contributed by atoms with van der Waals surface area (Å²) in [5.41, 5.74) is 3.44. The van der Waals surface area contributed by atoms with Crippen LogP contribution in [0.3, 0.4) is 0 Å². The first kappa shape index (κ1) is 14.0. The minimum absolute atomic E-state index is 0.619. The van der Waals surface area contributed by atoms with Gasteiger partial charge in [0.1, 0.15) is 17.7 Å². The maximum Gasteiger partial charge on any atom is 0.226 e. The van der Waals surface area contributed by atoms with Crippen LogP contribution in [0.4, 0.5) is 0 Å². The quantitative estimate of drug-likeness (QED) is 0.657. The second-order valence-corrected chi connectivity index (χ2v) is 4.94. The zero-order chi connectivity index (χ0) is 15.4. The molecule has 0 radical (unpaired) electrons. The molecule has 0 aliphatic carbocycles. The Morgan fingerprint density at radius 1 is 0.909 bits per heavy atom. The van der Waals surface area contributed by atoms with Crippen molar-refractivity contribution in [2.75, 3.05) is 0 Å². The number of hydrogen-bond donors (Lipinski definition) is 0. The molecule has 0 saturated carbocycles. The van der Waals surface area contributed by atoms with Crippen LogP contribution >= 0.6 is 0 Å². The molecule has 108 valence electrons. The molecule has 3 nitrogen and oxygen atoms in total. The van der Waals surface area contributed by atoms with Crippen LogP contribution in [-0.4, -0.2) is 11.3 Å². The van der Waals surface area contributed by atoms with E-state index >= 15 is 0 Å². The number of aromatic nitrogens is 1. The fourth-order valence-electron chi connectivity index (χ4n) is 2.13. The van der Waals surface area contributed by atoms with Gasteiger partial charge in [-0.2, -0.15) is 0 Å². The number of nitrogens with zero attached hydrogens (tertiary/aromatic N) is 1. The van der Waals surface area contributed by atoms with Crippen LogP contribution in [-0.2, 0) is 0 Å². The maximum absolute atomic E-state index is 10.6. The summed E-state index contributed by atoms with van der Waals surface area (Å²) in [6, 6.07) is 17.2. The van der Waals surface area contributed by atoms with Gasteiger partial charge in [-0.1, -0.05) is 48.5 Å². The van der Waals surface area contributed by atoms with Crippen molar-refractivity contribution in [3.8, 4) is 11.5 Å². The fourth-order valence-corrected chi connectivity index (χ4v) is 2.13. The van der Waals surface area contributed by atoms with Crippen LogP contribution in [0.1, 0.15) is 27.4 Å². The predicted molar refractivity (Wildman–Crippen MR) is 87.4 cm³/mol. The van der Waals surface area contributed by atoms with Gasteiger partial charge in [0.2, 0.25) is 5.89 Å². The van der Waals surface area contributed by atoms with Gasteiger partial charge in [-0.25, -0.2) is 4.98 Å². The fraction of sp³-hybridized carbons (Fsp3) is 0.0526. The van der Waals surface area contributed by atoms with Crippen LogP contribution < -0.4 is 0 Å². The molecule has 0 aliphatic heterocycles. The first-order valence-corrected chi connectivity index (χ1v) is 7.02. The molecule has 0 amide bonds. The third-order valence-electron chi connectivity index (χ3n) is 3.36. The average Bonchev–Trinajstić information content (AvgIpc) is 2.95. The van der Waals surface area contributed by atoms with Crippen molar-refractivity contribution in [1.82, 2.24) is 4.98 Å². The minimum Gasteiger partial charge on any atom is -0.441 e. The van der Waals surface area contributed by atoms with Crippen LogP contribution in [0.25, 0.3) is 23.6 Å². The monoisotopic (exact) mass is 289 g/mol. The van der Waals surface area contributed by atoms with E-state index < -0.39 is 0 Å². The van der Waals surface area contributed by atoms with Gasteiger partial charge in [-0.15, -0.1) is 0 Å². The van der Waals surface area contributed by atoms with E-state index in [0.717, 1.165) is 28.9 Å². The SMILES string of the molecule is Cc1oc(-c2ccccc2)nc1C=Cc1ccc(C=O)cc1. The van der Waals surface area contributed by atoms with E-state index in [-0.39, 0.29) is 0 Å². The van der Waals surface area contributed by atoms with Crippen LogP contribution in [0, 0.1) is 6.92 Å². The van der Waals surface area contributed by atoms with E-state index in [4.69, 9.17) is 4.42 Å². The highest BCUT2D eigenvalue weighted by atomic mass is 16.4. The standard InChI is InChI=1S/C19H15NO2/c1-14-18(12-11-15-7-9-16(13-21)10-8-15)20-19(22-14)17-5-3-2-4-6-17/h2-13H,1H3. The third kappa shape index (κ3) is 3.04. The van der Waals surface area contributed by atoms with Crippen molar-refractivity contribution >= 4 is 18.4 Å². The molecule has 1 aromatic heterocycles. The molecule has 0 aliphatic rings. The van der Waals surface area contributed by atoms with Crippen molar-refractivity contribution in [1.29, 1.82) is 0 Å². The summed E-state index contributed by atoms with van der Waals surface area (Å²) in [4.78, 5) is 15.2. The molecule has 0 unspecified atom stereocenters. The first-order chi connectivity index (χ1) is 10.8. The zero-order valence-electron chi connectivity index (χ0n) is 12.2. The lowest BCUT2D eigenvalue weighted by atomic mass is 10.1. The van der Waals surface area contributed by atoms with Crippen LogP contribution in [0.5, 0.6) is 0 Å². The number of aryl methyl sites for hydroxylation is 1. The van der Waals surface area contributed by atoms with E-state index in [1.165, 1.54) is 0 Å². The number of hydrogen-bond acceptors (Lipinski definition) is 3. The number of rotatable bonds is 4. The summed E-state index contributed by atoms with van der Waals surface area (Å²) in [6.07, 6.45) is 4.71. The van der Waals surface area contributed by atoms with Crippen molar-refractivity contribution in [2.45, 2.75) is 6.92 Å². The van der Waals surface area contributed by atoms with Crippen molar-refractivity contribution in [3.05, 3.63) is 77.2 Å². The number of benzene rings is 2. The Morgan fingerprint density at radius 2 is 1.59 bits per heavy atom. The molecular weight excluding hydrogens is 274 g/mol. The summed E-state index contributed by atoms with van der Waals surface area (Å²) >= 11 is 0. The van der Waals surface area contributed by atoms with Gasteiger partial charge >= 0.3 is 0 Å². The van der Waals surface area contributed by atoms with Crippen molar-refractivity contribution in [3.63, 3.8) is 0 Å². The van der Waals surface area contributed by atoms with E-state index in [1.807, 2.05) is 61.5 Å².